The van der Waals surface area contributed by atoms with Crippen molar-refractivity contribution < 1.29 is 18.3 Å². The van der Waals surface area contributed by atoms with Crippen LogP contribution in [0.2, 0.25) is 0 Å². The Kier molecular flexibility index (Phi) is 7.49. The van der Waals surface area contributed by atoms with Gasteiger partial charge in [0.25, 0.3) is 0 Å². The minimum absolute atomic E-state index is 0.0189. The molecular weight excluding hydrogens is 365 g/mol. The van der Waals surface area contributed by atoms with Crippen molar-refractivity contribution in [3.8, 4) is 11.5 Å². The average Bonchev–Trinajstić information content (AvgIpc) is 2.32. The summed E-state index contributed by atoms with van der Waals surface area (Å²) < 4.78 is 37.3. The lowest BCUT2D eigenvalue weighted by Gasteiger charge is -2.10. The van der Waals surface area contributed by atoms with Gasteiger partial charge in [0.1, 0.15) is 16.8 Å². The smallest absolute Gasteiger partial charge is 0.190 e. The summed E-state index contributed by atoms with van der Waals surface area (Å²) in [4.78, 5) is 0. The fourth-order valence-corrected chi connectivity index (χ4v) is 1.54. The first-order valence-corrected chi connectivity index (χ1v) is 7.24. The predicted molar refractivity (Wildman–Crippen MR) is 75.5 cm³/mol. The summed E-state index contributed by atoms with van der Waals surface area (Å²) >= 11 is 14.0. The number of hydrogen-bond donors (Lipinski definition) is 0. The van der Waals surface area contributed by atoms with Crippen molar-refractivity contribution in [3.63, 3.8) is 0 Å². The molecular formula is C12H11BrCl2F2O2. The van der Waals surface area contributed by atoms with Gasteiger partial charge in [-0.1, -0.05) is 39.1 Å². The van der Waals surface area contributed by atoms with E-state index in [9.17, 15) is 8.78 Å². The second kappa shape index (κ2) is 8.61. The van der Waals surface area contributed by atoms with E-state index in [1.54, 1.807) is 0 Å². The third-order valence-electron chi connectivity index (χ3n) is 1.98. The van der Waals surface area contributed by atoms with Crippen LogP contribution in [-0.2, 0) is 0 Å². The van der Waals surface area contributed by atoms with Crippen LogP contribution >= 0.6 is 39.1 Å². The van der Waals surface area contributed by atoms with Gasteiger partial charge in [-0.25, -0.2) is 8.78 Å². The van der Waals surface area contributed by atoms with Crippen LogP contribution in [0.1, 0.15) is 6.42 Å². The molecule has 2 nitrogen and oxygen atoms in total. The van der Waals surface area contributed by atoms with Gasteiger partial charge in [0.15, 0.2) is 17.4 Å². The Morgan fingerprint density at radius 3 is 2.37 bits per heavy atom. The van der Waals surface area contributed by atoms with Crippen molar-refractivity contribution in [2.75, 3.05) is 18.5 Å². The summed E-state index contributed by atoms with van der Waals surface area (Å²) in [7, 11) is 0. The van der Waals surface area contributed by atoms with Crippen LogP contribution < -0.4 is 9.47 Å². The maximum absolute atomic E-state index is 13.6. The van der Waals surface area contributed by atoms with Crippen LogP contribution in [0.15, 0.2) is 22.7 Å². The van der Waals surface area contributed by atoms with Gasteiger partial charge in [-0.15, -0.1) is 0 Å². The zero-order valence-electron chi connectivity index (χ0n) is 9.77. The number of alkyl halides is 1. The maximum Gasteiger partial charge on any atom is 0.190 e. The van der Waals surface area contributed by atoms with E-state index < -0.39 is 17.4 Å². The van der Waals surface area contributed by atoms with Crippen LogP contribution in [0.5, 0.6) is 11.5 Å². The first kappa shape index (κ1) is 16.5. The third-order valence-corrected chi connectivity index (χ3v) is 2.85. The van der Waals surface area contributed by atoms with Crippen LogP contribution in [0.4, 0.5) is 8.78 Å². The van der Waals surface area contributed by atoms with E-state index in [4.69, 9.17) is 32.7 Å². The van der Waals surface area contributed by atoms with Crippen LogP contribution in [-0.4, -0.2) is 18.5 Å². The van der Waals surface area contributed by atoms with Crippen molar-refractivity contribution in [2.45, 2.75) is 6.42 Å². The molecule has 0 fully saturated rings. The van der Waals surface area contributed by atoms with E-state index in [0.717, 1.165) is 12.1 Å². The summed E-state index contributed by atoms with van der Waals surface area (Å²) in [5.74, 6) is -2.00. The molecule has 0 aliphatic heterocycles. The van der Waals surface area contributed by atoms with E-state index in [0.29, 0.717) is 11.8 Å². The van der Waals surface area contributed by atoms with Crippen LogP contribution in [0.3, 0.4) is 0 Å². The molecule has 0 amide bonds. The number of halogens is 5. The third kappa shape index (κ3) is 5.97. The van der Waals surface area contributed by atoms with E-state index >= 15 is 0 Å². The Morgan fingerprint density at radius 2 is 1.84 bits per heavy atom. The predicted octanol–water partition coefficient (Wildman–Crippen LogP) is 4.83. The zero-order valence-corrected chi connectivity index (χ0v) is 12.9. The van der Waals surface area contributed by atoms with E-state index in [1.807, 2.05) is 0 Å². The van der Waals surface area contributed by atoms with Crippen molar-refractivity contribution in [3.05, 3.63) is 34.3 Å². The Bertz CT molecular complexity index is 428. The normalized spacial score (nSPS) is 10.2. The quantitative estimate of drug-likeness (QED) is 0.502. The first-order valence-electron chi connectivity index (χ1n) is 5.36. The summed E-state index contributed by atoms with van der Waals surface area (Å²) in [5.41, 5.74) is 0. The molecule has 0 unspecified atom stereocenters. The van der Waals surface area contributed by atoms with Crippen molar-refractivity contribution in [1.29, 1.82) is 0 Å². The van der Waals surface area contributed by atoms with E-state index in [2.05, 4.69) is 15.9 Å². The Balaban J connectivity index is 2.70. The van der Waals surface area contributed by atoms with Gasteiger partial charge in [-0.05, 0) is 12.5 Å². The largest absolute Gasteiger partial charge is 0.489 e. The van der Waals surface area contributed by atoms with Gasteiger partial charge in [0, 0.05) is 17.5 Å². The molecule has 0 aliphatic carbocycles. The standard InChI is InChI=1S/C12H11BrCl2F2O2/c13-3-1-4-19-12-9(16)6-8(7-10(12)17)18-5-2-11(14)15/h2,6-7H,1,3-5H2. The summed E-state index contributed by atoms with van der Waals surface area (Å²) in [6.07, 6.45) is 2.01. The average molecular weight is 376 g/mol. The van der Waals surface area contributed by atoms with E-state index in [-0.39, 0.29) is 23.5 Å². The summed E-state index contributed by atoms with van der Waals surface area (Å²) in [6.45, 7) is 0.245. The van der Waals surface area contributed by atoms with Gasteiger partial charge in [-0.2, -0.15) is 0 Å². The van der Waals surface area contributed by atoms with E-state index in [1.165, 1.54) is 6.08 Å². The fourth-order valence-electron chi connectivity index (χ4n) is 1.19. The molecule has 0 N–H and O–H groups in total. The summed E-state index contributed by atoms with van der Waals surface area (Å²) in [6, 6.07) is 2.09. The van der Waals surface area contributed by atoms with Crippen molar-refractivity contribution in [2.24, 2.45) is 0 Å². The Hall–Kier alpha value is -0.520. The minimum Gasteiger partial charge on any atom is -0.489 e. The molecule has 0 radical (unpaired) electrons. The van der Waals surface area contributed by atoms with Gasteiger partial charge in [-0.3, -0.25) is 0 Å². The lowest BCUT2D eigenvalue weighted by atomic mass is 10.3. The molecule has 0 aliphatic rings. The molecule has 19 heavy (non-hydrogen) atoms. The molecule has 0 saturated carbocycles. The minimum atomic E-state index is -0.814. The number of ether oxygens (including phenoxy) is 2. The lowest BCUT2D eigenvalue weighted by molar-refractivity contribution is 0.282. The highest BCUT2D eigenvalue weighted by Gasteiger charge is 2.13. The summed E-state index contributed by atoms with van der Waals surface area (Å²) in [5, 5.41) is 0.697. The topological polar surface area (TPSA) is 18.5 Å². The first-order chi connectivity index (χ1) is 9.04. The molecule has 0 atom stereocenters. The Morgan fingerprint density at radius 1 is 1.21 bits per heavy atom. The SMILES string of the molecule is Fc1cc(OCC=C(Cl)Cl)cc(F)c1OCCCBr. The Labute approximate surface area is 128 Å². The monoisotopic (exact) mass is 374 g/mol. The molecule has 0 bridgehead atoms. The van der Waals surface area contributed by atoms with Crippen molar-refractivity contribution in [1.82, 2.24) is 0 Å². The van der Waals surface area contributed by atoms with Crippen molar-refractivity contribution >= 4 is 39.1 Å². The highest BCUT2D eigenvalue weighted by atomic mass is 79.9. The molecule has 1 aromatic carbocycles. The van der Waals surface area contributed by atoms with Gasteiger partial charge >= 0.3 is 0 Å². The highest BCUT2D eigenvalue weighted by molar-refractivity contribution is 9.09. The van der Waals surface area contributed by atoms with Gasteiger partial charge in [0.05, 0.1) is 6.61 Å². The maximum atomic E-state index is 13.6. The highest BCUT2D eigenvalue weighted by Crippen LogP contribution is 2.27. The zero-order chi connectivity index (χ0) is 14.3. The molecule has 0 saturated heterocycles. The number of hydrogen-bond acceptors (Lipinski definition) is 2. The fraction of sp³-hybridized carbons (Fsp3) is 0.333. The molecule has 0 spiro atoms. The van der Waals surface area contributed by atoms with Gasteiger partial charge < -0.3 is 9.47 Å². The van der Waals surface area contributed by atoms with Gasteiger partial charge in [0.2, 0.25) is 0 Å². The molecule has 0 aromatic heterocycles. The molecule has 1 rings (SSSR count). The van der Waals surface area contributed by atoms with Crippen LogP contribution in [0.25, 0.3) is 0 Å². The molecule has 106 valence electrons. The van der Waals surface area contributed by atoms with Crippen LogP contribution in [0, 0.1) is 11.6 Å². The lowest BCUT2D eigenvalue weighted by Crippen LogP contribution is -2.03. The molecule has 7 heteroatoms. The number of rotatable bonds is 7. The molecule has 0 heterocycles. The second-order valence-electron chi connectivity index (χ2n) is 3.41. The molecule has 1 aromatic rings. The number of benzene rings is 1. The second-order valence-corrected chi connectivity index (χ2v) is 5.21.